The molecule has 0 aliphatic rings. The molecule has 1 aromatic carbocycles. The highest BCUT2D eigenvalue weighted by atomic mass is 19.2. The number of hydrogen-bond acceptors (Lipinski definition) is 2. The van der Waals surface area contributed by atoms with Crippen LogP contribution in [0.5, 0.6) is 0 Å². The first-order valence-electron chi connectivity index (χ1n) is 5.79. The summed E-state index contributed by atoms with van der Waals surface area (Å²) in [7, 11) is 0. The van der Waals surface area contributed by atoms with E-state index in [9.17, 15) is 18.7 Å². The molecular weight excluding hydrogens is 266 g/mol. The summed E-state index contributed by atoms with van der Waals surface area (Å²) in [5.74, 6) is -3.23. The van der Waals surface area contributed by atoms with Crippen molar-refractivity contribution in [2.45, 2.75) is 13.3 Å². The fourth-order valence-corrected chi connectivity index (χ4v) is 1.86. The molecule has 0 aliphatic heterocycles. The van der Waals surface area contributed by atoms with E-state index < -0.39 is 17.6 Å². The standard InChI is InChI=1S/C14H12F2N2O2/c1-8(2)5-12-13(14(19)20)18(7-17-12)9-3-4-10(15)11(16)6-9/h3-4,6-7H,1,5H2,2H3,(H,19,20). The van der Waals surface area contributed by atoms with Gasteiger partial charge in [0.15, 0.2) is 17.3 Å². The van der Waals surface area contributed by atoms with Crippen molar-refractivity contribution in [2.24, 2.45) is 0 Å². The predicted molar refractivity (Wildman–Crippen MR) is 69.0 cm³/mol. The largest absolute Gasteiger partial charge is 0.477 e. The highest BCUT2D eigenvalue weighted by molar-refractivity contribution is 5.88. The normalized spacial score (nSPS) is 10.6. The lowest BCUT2D eigenvalue weighted by molar-refractivity contribution is 0.0687. The number of aromatic carboxylic acids is 1. The van der Waals surface area contributed by atoms with Crippen LogP contribution in [0.25, 0.3) is 5.69 Å². The Balaban J connectivity index is 2.56. The van der Waals surface area contributed by atoms with Gasteiger partial charge in [0.05, 0.1) is 11.4 Å². The zero-order valence-corrected chi connectivity index (χ0v) is 10.7. The van der Waals surface area contributed by atoms with E-state index in [1.54, 1.807) is 6.92 Å². The van der Waals surface area contributed by atoms with E-state index >= 15 is 0 Å². The number of allylic oxidation sites excluding steroid dienone is 1. The number of nitrogens with zero attached hydrogens (tertiary/aromatic N) is 2. The molecule has 1 heterocycles. The van der Waals surface area contributed by atoms with Crippen molar-refractivity contribution in [2.75, 3.05) is 0 Å². The highest BCUT2D eigenvalue weighted by Gasteiger charge is 2.19. The predicted octanol–water partition coefficient (Wildman–Crippen LogP) is 2.97. The van der Waals surface area contributed by atoms with Crippen molar-refractivity contribution < 1.29 is 18.7 Å². The van der Waals surface area contributed by atoms with E-state index in [-0.39, 0.29) is 11.4 Å². The number of carbonyl (C=O) groups is 1. The monoisotopic (exact) mass is 278 g/mol. The Labute approximate surface area is 114 Å². The van der Waals surface area contributed by atoms with E-state index in [2.05, 4.69) is 11.6 Å². The summed E-state index contributed by atoms with van der Waals surface area (Å²) in [6.45, 7) is 5.46. The van der Waals surface area contributed by atoms with E-state index in [1.165, 1.54) is 17.0 Å². The van der Waals surface area contributed by atoms with Gasteiger partial charge in [-0.1, -0.05) is 12.2 Å². The van der Waals surface area contributed by atoms with Crippen LogP contribution in [-0.2, 0) is 6.42 Å². The van der Waals surface area contributed by atoms with Crippen LogP contribution in [0, 0.1) is 11.6 Å². The van der Waals surface area contributed by atoms with Crippen LogP contribution >= 0.6 is 0 Å². The summed E-state index contributed by atoms with van der Waals surface area (Å²) in [5, 5.41) is 9.28. The van der Waals surface area contributed by atoms with Gasteiger partial charge in [0.2, 0.25) is 0 Å². The lowest BCUT2D eigenvalue weighted by Gasteiger charge is -2.07. The van der Waals surface area contributed by atoms with Crippen LogP contribution < -0.4 is 0 Å². The minimum Gasteiger partial charge on any atom is -0.477 e. The van der Waals surface area contributed by atoms with Crippen LogP contribution in [0.2, 0.25) is 0 Å². The molecule has 1 N–H and O–H groups in total. The van der Waals surface area contributed by atoms with Crippen molar-refractivity contribution in [3.63, 3.8) is 0 Å². The van der Waals surface area contributed by atoms with Gasteiger partial charge < -0.3 is 5.11 Å². The summed E-state index contributed by atoms with van der Waals surface area (Å²) in [4.78, 5) is 15.4. The summed E-state index contributed by atoms with van der Waals surface area (Å²) in [6, 6.07) is 3.15. The Morgan fingerprint density at radius 2 is 2.10 bits per heavy atom. The average molecular weight is 278 g/mol. The first-order valence-corrected chi connectivity index (χ1v) is 5.79. The van der Waals surface area contributed by atoms with E-state index in [0.717, 1.165) is 17.7 Å². The van der Waals surface area contributed by atoms with Gasteiger partial charge in [-0.2, -0.15) is 0 Å². The van der Waals surface area contributed by atoms with Gasteiger partial charge >= 0.3 is 5.97 Å². The maximum absolute atomic E-state index is 13.2. The maximum Gasteiger partial charge on any atom is 0.354 e. The molecule has 104 valence electrons. The molecule has 0 amide bonds. The first-order chi connectivity index (χ1) is 9.40. The number of halogens is 2. The van der Waals surface area contributed by atoms with Crippen molar-refractivity contribution in [1.29, 1.82) is 0 Å². The highest BCUT2D eigenvalue weighted by Crippen LogP contribution is 2.19. The van der Waals surface area contributed by atoms with Gasteiger partial charge in [-0.3, -0.25) is 4.57 Å². The van der Waals surface area contributed by atoms with Gasteiger partial charge in [0.25, 0.3) is 0 Å². The van der Waals surface area contributed by atoms with Crippen LogP contribution in [0.4, 0.5) is 8.78 Å². The number of carboxylic acid groups (broad SMARTS) is 1. The number of aromatic nitrogens is 2. The smallest absolute Gasteiger partial charge is 0.354 e. The number of hydrogen-bond donors (Lipinski definition) is 1. The van der Waals surface area contributed by atoms with Crippen LogP contribution in [-0.4, -0.2) is 20.6 Å². The molecule has 2 rings (SSSR count). The lowest BCUT2D eigenvalue weighted by atomic mass is 10.1. The third-order valence-corrected chi connectivity index (χ3v) is 2.70. The molecule has 0 radical (unpaired) electrons. The fraction of sp³-hybridized carbons (Fsp3) is 0.143. The molecule has 0 saturated heterocycles. The van der Waals surface area contributed by atoms with Crippen LogP contribution in [0.15, 0.2) is 36.7 Å². The number of rotatable bonds is 4. The number of benzene rings is 1. The Hall–Kier alpha value is -2.50. The van der Waals surface area contributed by atoms with E-state index in [4.69, 9.17) is 0 Å². The minimum absolute atomic E-state index is 0.0843. The third kappa shape index (κ3) is 2.59. The summed E-state index contributed by atoms with van der Waals surface area (Å²) < 4.78 is 27.4. The molecule has 0 unspecified atom stereocenters. The Morgan fingerprint density at radius 1 is 1.40 bits per heavy atom. The molecule has 20 heavy (non-hydrogen) atoms. The van der Waals surface area contributed by atoms with Gasteiger partial charge in [-0.15, -0.1) is 0 Å². The summed E-state index contributed by atoms with van der Waals surface area (Å²) in [6.07, 6.45) is 1.58. The molecule has 0 spiro atoms. The van der Waals surface area contributed by atoms with Gasteiger partial charge in [0.1, 0.15) is 6.33 Å². The second-order valence-corrected chi connectivity index (χ2v) is 4.45. The van der Waals surface area contributed by atoms with Crippen molar-refractivity contribution in [3.8, 4) is 5.69 Å². The zero-order chi connectivity index (χ0) is 14.9. The Bertz CT molecular complexity index is 692. The molecule has 1 aromatic heterocycles. The third-order valence-electron chi connectivity index (χ3n) is 2.70. The number of carboxylic acids is 1. The van der Waals surface area contributed by atoms with Gasteiger partial charge in [-0.25, -0.2) is 18.6 Å². The molecule has 2 aromatic rings. The topological polar surface area (TPSA) is 55.1 Å². The second-order valence-electron chi connectivity index (χ2n) is 4.45. The molecule has 0 atom stereocenters. The fourth-order valence-electron chi connectivity index (χ4n) is 1.86. The Morgan fingerprint density at radius 3 is 2.65 bits per heavy atom. The first kappa shape index (κ1) is 13.9. The van der Waals surface area contributed by atoms with Crippen molar-refractivity contribution >= 4 is 5.97 Å². The van der Waals surface area contributed by atoms with Crippen molar-refractivity contribution in [3.05, 3.63) is 59.7 Å². The molecule has 0 saturated carbocycles. The van der Waals surface area contributed by atoms with Gasteiger partial charge in [-0.05, 0) is 19.1 Å². The molecule has 4 nitrogen and oxygen atoms in total. The Kier molecular flexibility index (Phi) is 3.65. The molecule has 0 fully saturated rings. The lowest BCUT2D eigenvalue weighted by Crippen LogP contribution is -2.09. The van der Waals surface area contributed by atoms with Crippen LogP contribution in [0.1, 0.15) is 23.1 Å². The second kappa shape index (κ2) is 5.24. The number of imidazole rings is 1. The molecule has 6 heteroatoms. The van der Waals surface area contributed by atoms with Crippen LogP contribution in [0.3, 0.4) is 0 Å². The zero-order valence-electron chi connectivity index (χ0n) is 10.7. The van der Waals surface area contributed by atoms with E-state index in [0.29, 0.717) is 12.1 Å². The molecular formula is C14H12F2N2O2. The minimum atomic E-state index is -1.19. The summed E-state index contributed by atoms with van der Waals surface area (Å²) in [5.41, 5.74) is 1.19. The SMILES string of the molecule is C=C(C)Cc1ncn(-c2ccc(F)c(F)c2)c1C(=O)O. The average Bonchev–Trinajstić information content (AvgIpc) is 2.75. The van der Waals surface area contributed by atoms with Gasteiger partial charge in [0, 0.05) is 12.5 Å². The van der Waals surface area contributed by atoms with Crippen molar-refractivity contribution in [1.82, 2.24) is 9.55 Å². The maximum atomic E-state index is 13.2. The van der Waals surface area contributed by atoms with E-state index in [1.807, 2.05) is 0 Å². The molecule has 0 aliphatic carbocycles. The summed E-state index contributed by atoms with van der Waals surface area (Å²) >= 11 is 0. The quantitative estimate of drug-likeness (QED) is 0.875. The molecule has 0 bridgehead atoms.